The molecule has 0 spiro atoms. The lowest BCUT2D eigenvalue weighted by atomic mass is 9.57. The first-order valence-corrected chi connectivity index (χ1v) is 4.71. The Labute approximate surface area is 77.8 Å². The van der Waals surface area contributed by atoms with Crippen LogP contribution in [0.1, 0.15) is 20.3 Å². The zero-order chi connectivity index (χ0) is 9.64. The van der Waals surface area contributed by atoms with Gasteiger partial charge in [0.25, 0.3) is 0 Å². The number of urea groups is 1. The highest BCUT2D eigenvalue weighted by molar-refractivity contribution is 5.72. The van der Waals surface area contributed by atoms with Gasteiger partial charge in [-0.05, 0) is 6.42 Å². The van der Waals surface area contributed by atoms with Crippen molar-refractivity contribution >= 4 is 6.03 Å². The minimum atomic E-state index is -0.427. The molecule has 1 saturated heterocycles. The largest absolute Gasteiger partial charge is 0.377 e. The second-order valence-electron chi connectivity index (χ2n) is 4.55. The molecule has 0 aromatic rings. The van der Waals surface area contributed by atoms with Gasteiger partial charge in [-0.15, -0.1) is 0 Å². The molecule has 0 aromatic carbocycles. The fourth-order valence-corrected chi connectivity index (χ4v) is 2.77. The van der Waals surface area contributed by atoms with Crippen molar-refractivity contribution in [1.82, 2.24) is 5.32 Å². The van der Waals surface area contributed by atoms with Crippen molar-refractivity contribution in [3.63, 3.8) is 0 Å². The van der Waals surface area contributed by atoms with Crippen molar-refractivity contribution in [3.8, 4) is 0 Å². The molecule has 2 fully saturated rings. The Balaban J connectivity index is 2.07. The predicted molar refractivity (Wildman–Crippen MR) is 48.1 cm³/mol. The number of carbonyl (C=O) groups is 1. The van der Waals surface area contributed by atoms with Crippen molar-refractivity contribution < 1.29 is 9.53 Å². The summed E-state index contributed by atoms with van der Waals surface area (Å²) in [7, 11) is 0. The first-order chi connectivity index (χ1) is 6.03. The molecule has 4 nitrogen and oxygen atoms in total. The molecule has 4 heteroatoms. The number of rotatable bonds is 1. The van der Waals surface area contributed by atoms with Crippen LogP contribution in [0.4, 0.5) is 4.79 Å². The van der Waals surface area contributed by atoms with Crippen molar-refractivity contribution in [2.75, 3.05) is 6.61 Å². The van der Waals surface area contributed by atoms with Crippen LogP contribution in [-0.2, 0) is 4.74 Å². The van der Waals surface area contributed by atoms with Crippen LogP contribution < -0.4 is 11.1 Å². The van der Waals surface area contributed by atoms with E-state index in [9.17, 15) is 4.79 Å². The summed E-state index contributed by atoms with van der Waals surface area (Å²) in [5, 5.41) is 2.80. The maximum atomic E-state index is 10.7. The van der Waals surface area contributed by atoms with Crippen molar-refractivity contribution in [2.24, 2.45) is 17.1 Å². The molecule has 1 saturated carbocycles. The highest BCUT2D eigenvalue weighted by Gasteiger charge is 2.59. The lowest BCUT2D eigenvalue weighted by Crippen LogP contribution is -2.67. The van der Waals surface area contributed by atoms with Crippen molar-refractivity contribution in [2.45, 2.75) is 32.4 Å². The van der Waals surface area contributed by atoms with Crippen LogP contribution in [0.2, 0.25) is 0 Å². The Hall–Kier alpha value is -0.770. The van der Waals surface area contributed by atoms with Gasteiger partial charge in [-0.1, -0.05) is 13.8 Å². The van der Waals surface area contributed by atoms with Gasteiger partial charge in [-0.2, -0.15) is 0 Å². The van der Waals surface area contributed by atoms with E-state index >= 15 is 0 Å². The third-order valence-corrected chi connectivity index (χ3v) is 3.40. The topological polar surface area (TPSA) is 64.3 Å². The van der Waals surface area contributed by atoms with Crippen LogP contribution in [0, 0.1) is 11.3 Å². The van der Waals surface area contributed by atoms with Gasteiger partial charge in [0.1, 0.15) is 0 Å². The minimum absolute atomic E-state index is 0.0379. The summed E-state index contributed by atoms with van der Waals surface area (Å²) in [6, 6.07) is -0.235. The Bertz CT molecular complexity index is 240. The van der Waals surface area contributed by atoms with Gasteiger partial charge in [0, 0.05) is 24.0 Å². The fraction of sp³-hybridized carbons (Fsp3) is 0.889. The summed E-state index contributed by atoms with van der Waals surface area (Å²) < 4.78 is 5.59. The number of nitrogens with two attached hydrogens (primary N) is 1. The monoisotopic (exact) mass is 184 g/mol. The van der Waals surface area contributed by atoms with E-state index in [1.165, 1.54) is 0 Å². The SMILES string of the molecule is CC1(C)C(NC(N)=O)C2CCOC21. The number of primary amides is 1. The van der Waals surface area contributed by atoms with Crippen LogP contribution in [0.15, 0.2) is 0 Å². The van der Waals surface area contributed by atoms with E-state index in [-0.39, 0.29) is 11.5 Å². The molecule has 3 atom stereocenters. The van der Waals surface area contributed by atoms with E-state index in [1.54, 1.807) is 0 Å². The number of hydrogen-bond acceptors (Lipinski definition) is 2. The van der Waals surface area contributed by atoms with Crippen LogP contribution in [-0.4, -0.2) is 24.8 Å². The Morgan fingerprint density at radius 3 is 2.92 bits per heavy atom. The standard InChI is InChI=1S/C9H16N2O2/c1-9(2)6(11-8(10)12)5-3-4-13-7(5)9/h5-7H,3-4H2,1-2H3,(H3,10,11,12). The van der Waals surface area contributed by atoms with Gasteiger partial charge in [-0.3, -0.25) is 0 Å². The molecule has 2 aliphatic rings. The maximum absolute atomic E-state index is 10.7. The van der Waals surface area contributed by atoms with Gasteiger partial charge in [0.05, 0.1) is 6.10 Å². The molecule has 74 valence electrons. The van der Waals surface area contributed by atoms with Gasteiger partial charge in [0.15, 0.2) is 0 Å². The van der Waals surface area contributed by atoms with Gasteiger partial charge in [-0.25, -0.2) is 4.79 Å². The lowest BCUT2D eigenvalue weighted by molar-refractivity contribution is -0.108. The highest BCUT2D eigenvalue weighted by atomic mass is 16.5. The first kappa shape index (κ1) is 8.81. The Kier molecular flexibility index (Phi) is 1.77. The van der Waals surface area contributed by atoms with Crippen molar-refractivity contribution in [1.29, 1.82) is 0 Å². The second-order valence-corrected chi connectivity index (χ2v) is 4.55. The Morgan fingerprint density at radius 1 is 1.62 bits per heavy atom. The first-order valence-electron chi connectivity index (χ1n) is 4.71. The number of ether oxygens (including phenoxy) is 1. The molecule has 2 rings (SSSR count). The minimum Gasteiger partial charge on any atom is -0.377 e. The molecule has 1 aliphatic carbocycles. The van der Waals surface area contributed by atoms with Crippen LogP contribution in [0.5, 0.6) is 0 Å². The molecular formula is C9H16N2O2. The average Bonchev–Trinajstić information content (AvgIpc) is 2.45. The van der Waals surface area contributed by atoms with E-state index in [0.717, 1.165) is 13.0 Å². The van der Waals surface area contributed by atoms with Gasteiger partial charge < -0.3 is 15.8 Å². The Morgan fingerprint density at radius 2 is 2.31 bits per heavy atom. The zero-order valence-corrected chi connectivity index (χ0v) is 8.04. The fourth-order valence-electron chi connectivity index (χ4n) is 2.77. The molecule has 0 aromatic heterocycles. The van der Waals surface area contributed by atoms with E-state index < -0.39 is 6.03 Å². The third kappa shape index (κ3) is 1.12. The molecule has 1 heterocycles. The normalized spacial score (nSPS) is 40.6. The molecule has 3 unspecified atom stereocenters. The van der Waals surface area contributed by atoms with Gasteiger partial charge in [0.2, 0.25) is 0 Å². The summed E-state index contributed by atoms with van der Waals surface area (Å²) in [6.07, 6.45) is 1.35. The number of hydrogen-bond donors (Lipinski definition) is 2. The average molecular weight is 184 g/mol. The van der Waals surface area contributed by atoms with E-state index in [0.29, 0.717) is 12.0 Å². The number of amides is 2. The second kappa shape index (κ2) is 2.61. The molecule has 1 aliphatic heterocycles. The van der Waals surface area contributed by atoms with E-state index in [1.807, 2.05) is 0 Å². The summed E-state index contributed by atoms with van der Waals surface area (Å²) in [4.78, 5) is 10.7. The van der Waals surface area contributed by atoms with Crippen LogP contribution >= 0.6 is 0 Å². The number of fused-ring (bicyclic) bond motifs is 1. The van der Waals surface area contributed by atoms with Gasteiger partial charge >= 0.3 is 6.03 Å². The smallest absolute Gasteiger partial charge is 0.312 e. The molecule has 2 amide bonds. The summed E-state index contributed by atoms with van der Waals surface area (Å²) in [5.41, 5.74) is 5.15. The molecule has 13 heavy (non-hydrogen) atoms. The van der Waals surface area contributed by atoms with E-state index in [4.69, 9.17) is 10.5 Å². The summed E-state index contributed by atoms with van der Waals surface area (Å²) in [6.45, 7) is 5.04. The quantitative estimate of drug-likeness (QED) is 0.622. The number of carbonyl (C=O) groups excluding carboxylic acids is 1. The molecular weight excluding hydrogens is 168 g/mol. The third-order valence-electron chi connectivity index (χ3n) is 3.40. The lowest BCUT2D eigenvalue weighted by Gasteiger charge is -2.54. The molecule has 0 bridgehead atoms. The highest BCUT2D eigenvalue weighted by Crippen LogP contribution is 2.51. The predicted octanol–water partition coefficient (Wildman–Crippen LogP) is 0.468. The number of nitrogens with one attached hydrogen (secondary N) is 1. The summed E-state index contributed by atoms with van der Waals surface area (Å²) >= 11 is 0. The zero-order valence-electron chi connectivity index (χ0n) is 8.04. The van der Waals surface area contributed by atoms with Crippen molar-refractivity contribution in [3.05, 3.63) is 0 Å². The maximum Gasteiger partial charge on any atom is 0.312 e. The summed E-state index contributed by atoms with van der Waals surface area (Å²) in [5.74, 6) is 0.475. The molecule has 0 radical (unpaired) electrons. The van der Waals surface area contributed by atoms with Crippen LogP contribution in [0.3, 0.4) is 0 Å². The van der Waals surface area contributed by atoms with E-state index in [2.05, 4.69) is 19.2 Å². The van der Waals surface area contributed by atoms with Crippen LogP contribution in [0.25, 0.3) is 0 Å². The molecule has 3 N–H and O–H groups in total.